The quantitative estimate of drug-likeness (QED) is 0.829. The van der Waals surface area contributed by atoms with Crippen LogP contribution in [0.2, 0.25) is 0 Å². The molecule has 0 spiro atoms. The summed E-state index contributed by atoms with van der Waals surface area (Å²) in [5, 5.41) is 0. The Morgan fingerprint density at radius 3 is 2.35 bits per heavy atom. The molecule has 17 heavy (non-hydrogen) atoms. The maximum absolute atomic E-state index is 13.4. The predicted molar refractivity (Wildman–Crippen MR) is 61.5 cm³/mol. The molecule has 0 heterocycles. The standard InChI is InChI=1S/C13H11F2NO/c14-12-10(16)6-7-11(13(12)15)17-8-9-4-2-1-3-5-9/h1-7H,8,16H2. The Hall–Kier alpha value is -2.10. The van der Waals surface area contributed by atoms with Crippen molar-refractivity contribution in [3.8, 4) is 5.75 Å². The molecule has 2 N–H and O–H groups in total. The highest BCUT2D eigenvalue weighted by Gasteiger charge is 2.12. The third kappa shape index (κ3) is 2.53. The van der Waals surface area contributed by atoms with Crippen molar-refractivity contribution in [2.75, 3.05) is 5.73 Å². The van der Waals surface area contributed by atoms with Gasteiger partial charge in [-0.25, -0.2) is 4.39 Å². The Labute approximate surface area is 97.6 Å². The van der Waals surface area contributed by atoms with Crippen LogP contribution < -0.4 is 10.5 Å². The van der Waals surface area contributed by atoms with Gasteiger partial charge >= 0.3 is 0 Å². The summed E-state index contributed by atoms with van der Waals surface area (Å²) in [7, 11) is 0. The molecule has 0 unspecified atom stereocenters. The fourth-order valence-corrected chi connectivity index (χ4v) is 1.39. The molecule has 2 rings (SSSR count). The number of nitrogen functional groups attached to an aromatic ring is 1. The van der Waals surface area contributed by atoms with E-state index in [4.69, 9.17) is 10.5 Å². The van der Waals surface area contributed by atoms with Gasteiger partial charge in [0.1, 0.15) is 6.61 Å². The molecule has 0 saturated carbocycles. The number of rotatable bonds is 3. The highest BCUT2D eigenvalue weighted by molar-refractivity contribution is 5.44. The average Bonchev–Trinajstić information content (AvgIpc) is 2.36. The summed E-state index contributed by atoms with van der Waals surface area (Å²) in [6, 6.07) is 11.8. The molecule has 0 saturated heterocycles. The number of hydrogen-bond donors (Lipinski definition) is 1. The summed E-state index contributed by atoms with van der Waals surface area (Å²) in [5.41, 5.74) is 5.88. The zero-order valence-corrected chi connectivity index (χ0v) is 8.99. The summed E-state index contributed by atoms with van der Waals surface area (Å²) >= 11 is 0. The van der Waals surface area contributed by atoms with Gasteiger partial charge in [0.15, 0.2) is 11.6 Å². The molecule has 2 nitrogen and oxygen atoms in total. The van der Waals surface area contributed by atoms with E-state index >= 15 is 0 Å². The minimum absolute atomic E-state index is 0.138. The number of hydrogen-bond acceptors (Lipinski definition) is 2. The summed E-state index contributed by atoms with van der Waals surface area (Å²) in [6.45, 7) is 0.182. The molecule has 2 aromatic carbocycles. The lowest BCUT2D eigenvalue weighted by Crippen LogP contribution is -2.01. The van der Waals surface area contributed by atoms with E-state index in [2.05, 4.69) is 0 Å². The van der Waals surface area contributed by atoms with E-state index in [0.717, 1.165) is 5.56 Å². The Morgan fingerprint density at radius 2 is 1.65 bits per heavy atom. The van der Waals surface area contributed by atoms with E-state index in [1.165, 1.54) is 12.1 Å². The van der Waals surface area contributed by atoms with E-state index in [-0.39, 0.29) is 18.0 Å². The lowest BCUT2D eigenvalue weighted by atomic mass is 10.2. The van der Waals surface area contributed by atoms with Crippen molar-refractivity contribution in [3.63, 3.8) is 0 Å². The molecule has 0 aliphatic heterocycles. The van der Waals surface area contributed by atoms with E-state index in [0.29, 0.717) is 0 Å². The van der Waals surface area contributed by atoms with Gasteiger partial charge in [-0.1, -0.05) is 30.3 Å². The number of halogens is 2. The first kappa shape index (κ1) is 11.4. The molecule has 2 aromatic rings. The maximum Gasteiger partial charge on any atom is 0.202 e. The number of benzene rings is 2. The van der Waals surface area contributed by atoms with Crippen LogP contribution in [0.15, 0.2) is 42.5 Å². The van der Waals surface area contributed by atoms with E-state index in [9.17, 15) is 8.78 Å². The van der Waals surface area contributed by atoms with Crippen molar-refractivity contribution in [2.45, 2.75) is 6.61 Å². The van der Waals surface area contributed by atoms with E-state index < -0.39 is 11.6 Å². The van der Waals surface area contributed by atoms with Gasteiger partial charge < -0.3 is 10.5 Å². The second-order valence-electron chi connectivity index (χ2n) is 3.56. The lowest BCUT2D eigenvalue weighted by molar-refractivity contribution is 0.285. The first-order valence-electron chi connectivity index (χ1n) is 5.08. The topological polar surface area (TPSA) is 35.2 Å². The third-order valence-corrected chi connectivity index (χ3v) is 2.31. The normalized spacial score (nSPS) is 10.2. The zero-order chi connectivity index (χ0) is 12.3. The Bertz CT molecular complexity index is 514. The molecule has 0 atom stereocenters. The van der Waals surface area contributed by atoms with Crippen LogP contribution in [-0.2, 0) is 6.61 Å². The molecule has 88 valence electrons. The number of ether oxygens (including phenoxy) is 1. The predicted octanol–water partition coefficient (Wildman–Crippen LogP) is 3.13. The van der Waals surface area contributed by atoms with Crippen molar-refractivity contribution >= 4 is 5.69 Å². The molecule has 0 amide bonds. The van der Waals surface area contributed by atoms with Crippen LogP contribution in [0.4, 0.5) is 14.5 Å². The van der Waals surface area contributed by atoms with Crippen molar-refractivity contribution in [1.82, 2.24) is 0 Å². The van der Waals surface area contributed by atoms with Crippen LogP contribution >= 0.6 is 0 Å². The Morgan fingerprint density at radius 1 is 0.941 bits per heavy atom. The van der Waals surface area contributed by atoms with Gasteiger partial charge in [0, 0.05) is 0 Å². The molecule has 0 aromatic heterocycles. The summed E-state index contributed by atoms with van der Waals surface area (Å²) in [4.78, 5) is 0. The highest BCUT2D eigenvalue weighted by Crippen LogP contribution is 2.24. The van der Waals surface area contributed by atoms with Crippen molar-refractivity contribution in [1.29, 1.82) is 0 Å². The van der Waals surface area contributed by atoms with Gasteiger partial charge in [0.2, 0.25) is 5.82 Å². The molecular formula is C13H11F2NO. The molecule has 0 aliphatic rings. The fourth-order valence-electron chi connectivity index (χ4n) is 1.39. The fraction of sp³-hybridized carbons (Fsp3) is 0.0769. The molecular weight excluding hydrogens is 224 g/mol. The zero-order valence-electron chi connectivity index (χ0n) is 8.99. The minimum atomic E-state index is -1.07. The monoisotopic (exact) mass is 235 g/mol. The second kappa shape index (κ2) is 4.82. The second-order valence-corrected chi connectivity index (χ2v) is 3.56. The van der Waals surface area contributed by atoms with Gasteiger partial charge in [-0.2, -0.15) is 4.39 Å². The summed E-state index contributed by atoms with van der Waals surface area (Å²) < 4.78 is 31.7. The van der Waals surface area contributed by atoms with Crippen molar-refractivity contribution < 1.29 is 13.5 Å². The first-order valence-corrected chi connectivity index (χ1v) is 5.08. The highest BCUT2D eigenvalue weighted by atomic mass is 19.2. The summed E-state index contributed by atoms with van der Waals surface area (Å²) in [5.74, 6) is -2.27. The van der Waals surface area contributed by atoms with Crippen LogP contribution in [-0.4, -0.2) is 0 Å². The molecule has 0 aliphatic carbocycles. The number of anilines is 1. The molecule has 0 radical (unpaired) electrons. The van der Waals surface area contributed by atoms with Gasteiger partial charge in [-0.05, 0) is 17.7 Å². The summed E-state index contributed by atoms with van der Waals surface area (Å²) in [6.07, 6.45) is 0. The van der Waals surface area contributed by atoms with Gasteiger partial charge in [0.25, 0.3) is 0 Å². The molecule has 0 bridgehead atoms. The first-order chi connectivity index (χ1) is 8.18. The Balaban J connectivity index is 2.13. The smallest absolute Gasteiger partial charge is 0.202 e. The van der Waals surface area contributed by atoms with Gasteiger partial charge in [0.05, 0.1) is 5.69 Å². The van der Waals surface area contributed by atoms with Gasteiger partial charge in [-0.3, -0.25) is 0 Å². The Kier molecular flexibility index (Phi) is 3.23. The largest absolute Gasteiger partial charge is 0.486 e. The molecule has 0 fully saturated rings. The van der Waals surface area contributed by atoms with Crippen molar-refractivity contribution in [3.05, 3.63) is 59.7 Å². The van der Waals surface area contributed by atoms with Crippen LogP contribution in [0.1, 0.15) is 5.56 Å². The van der Waals surface area contributed by atoms with E-state index in [1.807, 2.05) is 30.3 Å². The van der Waals surface area contributed by atoms with Crippen LogP contribution in [0.25, 0.3) is 0 Å². The van der Waals surface area contributed by atoms with Gasteiger partial charge in [-0.15, -0.1) is 0 Å². The van der Waals surface area contributed by atoms with Crippen LogP contribution in [0, 0.1) is 11.6 Å². The third-order valence-electron chi connectivity index (χ3n) is 2.31. The van der Waals surface area contributed by atoms with Crippen LogP contribution in [0.5, 0.6) is 5.75 Å². The van der Waals surface area contributed by atoms with Crippen molar-refractivity contribution in [2.24, 2.45) is 0 Å². The average molecular weight is 235 g/mol. The number of nitrogens with two attached hydrogens (primary N) is 1. The maximum atomic E-state index is 13.4. The SMILES string of the molecule is Nc1ccc(OCc2ccccc2)c(F)c1F. The van der Waals surface area contributed by atoms with E-state index in [1.54, 1.807) is 0 Å². The minimum Gasteiger partial charge on any atom is -0.486 e. The van der Waals surface area contributed by atoms with Crippen LogP contribution in [0.3, 0.4) is 0 Å². The molecule has 4 heteroatoms. The lowest BCUT2D eigenvalue weighted by Gasteiger charge is -2.08.